The van der Waals surface area contributed by atoms with Crippen LogP contribution < -0.4 is 10.6 Å². The molecule has 0 bridgehead atoms. The second-order valence-corrected chi connectivity index (χ2v) is 4.89. The van der Waals surface area contributed by atoms with Crippen molar-refractivity contribution < 1.29 is 0 Å². The van der Waals surface area contributed by atoms with Gasteiger partial charge in [0.25, 0.3) is 0 Å². The molecule has 1 aromatic heterocycles. The third kappa shape index (κ3) is 3.41. The molecule has 4 nitrogen and oxygen atoms in total. The van der Waals surface area contributed by atoms with E-state index in [0.29, 0.717) is 5.82 Å². The van der Waals surface area contributed by atoms with Gasteiger partial charge in [0, 0.05) is 11.4 Å². The smallest absolute Gasteiger partial charge is 0.174 e. The van der Waals surface area contributed by atoms with E-state index in [1.165, 1.54) is 0 Å². The molecule has 0 fully saturated rings. The molecule has 0 radical (unpaired) electrons. The molecule has 0 unspecified atom stereocenters. The predicted octanol–water partition coefficient (Wildman–Crippen LogP) is 4.53. The Kier molecular flexibility index (Phi) is 4.30. The minimum atomic E-state index is 0.715. The molecule has 1 heterocycles. The van der Waals surface area contributed by atoms with Crippen LogP contribution in [0.4, 0.5) is 23.0 Å². The van der Waals surface area contributed by atoms with E-state index in [1.807, 2.05) is 60.7 Å². The molecule has 3 aromatic rings. The normalized spacial score (nSPS) is 10.2. The van der Waals surface area contributed by atoms with Gasteiger partial charge in [0.2, 0.25) is 0 Å². The molecule has 0 saturated carbocycles. The van der Waals surface area contributed by atoms with Crippen molar-refractivity contribution in [1.82, 2.24) is 9.97 Å². The van der Waals surface area contributed by atoms with Crippen LogP contribution in [0.25, 0.3) is 0 Å². The Labute approximate surface area is 130 Å². The molecule has 0 atom stereocenters. The van der Waals surface area contributed by atoms with Crippen molar-refractivity contribution in [2.45, 2.75) is 13.3 Å². The second kappa shape index (κ2) is 6.72. The van der Waals surface area contributed by atoms with E-state index in [0.717, 1.165) is 29.3 Å². The molecule has 0 aliphatic carbocycles. The highest BCUT2D eigenvalue weighted by atomic mass is 15.1. The monoisotopic (exact) mass is 290 g/mol. The zero-order chi connectivity index (χ0) is 15.2. The standard InChI is InChI=1S/C18H18N4/c1-2-14-13-19-17(21-15-9-5-3-6-10-15)18(20-14)22-16-11-7-4-8-12-16/h3-13H,2H2,1H3,(H,19,21)(H,20,22). The largest absolute Gasteiger partial charge is 0.337 e. The van der Waals surface area contributed by atoms with Crippen LogP contribution >= 0.6 is 0 Å². The average molecular weight is 290 g/mol. The molecule has 110 valence electrons. The molecule has 0 amide bonds. The number of rotatable bonds is 5. The molecular formula is C18H18N4. The van der Waals surface area contributed by atoms with Gasteiger partial charge in [-0.2, -0.15) is 0 Å². The molecule has 4 heteroatoms. The summed E-state index contributed by atoms with van der Waals surface area (Å²) in [6, 6.07) is 19.9. The fourth-order valence-corrected chi connectivity index (χ4v) is 2.09. The van der Waals surface area contributed by atoms with Crippen molar-refractivity contribution in [2.75, 3.05) is 10.6 Å². The number of hydrogen-bond donors (Lipinski definition) is 2. The van der Waals surface area contributed by atoms with Crippen LogP contribution in [-0.2, 0) is 6.42 Å². The third-order valence-corrected chi connectivity index (χ3v) is 3.26. The van der Waals surface area contributed by atoms with E-state index in [-0.39, 0.29) is 0 Å². The Morgan fingerprint density at radius 2 is 1.32 bits per heavy atom. The van der Waals surface area contributed by atoms with Crippen LogP contribution in [0.5, 0.6) is 0 Å². The lowest BCUT2D eigenvalue weighted by Crippen LogP contribution is -2.04. The van der Waals surface area contributed by atoms with E-state index in [9.17, 15) is 0 Å². The van der Waals surface area contributed by atoms with Crippen LogP contribution in [0, 0.1) is 0 Å². The maximum atomic E-state index is 4.65. The van der Waals surface area contributed by atoms with E-state index < -0.39 is 0 Å². The molecule has 0 aliphatic rings. The summed E-state index contributed by atoms with van der Waals surface area (Å²) in [5.74, 6) is 1.45. The van der Waals surface area contributed by atoms with Crippen LogP contribution in [0.3, 0.4) is 0 Å². The van der Waals surface area contributed by atoms with Crippen LogP contribution in [0.2, 0.25) is 0 Å². The maximum absolute atomic E-state index is 4.65. The van der Waals surface area contributed by atoms with Gasteiger partial charge in [-0.15, -0.1) is 0 Å². The van der Waals surface area contributed by atoms with E-state index >= 15 is 0 Å². The fraction of sp³-hybridized carbons (Fsp3) is 0.111. The summed E-state index contributed by atoms with van der Waals surface area (Å²) in [6.07, 6.45) is 2.66. The average Bonchev–Trinajstić information content (AvgIpc) is 2.58. The van der Waals surface area contributed by atoms with Gasteiger partial charge < -0.3 is 10.6 Å². The van der Waals surface area contributed by atoms with E-state index in [4.69, 9.17) is 0 Å². The minimum absolute atomic E-state index is 0.715. The van der Waals surface area contributed by atoms with E-state index in [1.54, 1.807) is 6.20 Å². The zero-order valence-corrected chi connectivity index (χ0v) is 12.5. The van der Waals surface area contributed by atoms with Gasteiger partial charge >= 0.3 is 0 Å². The van der Waals surface area contributed by atoms with Gasteiger partial charge in [-0.3, -0.25) is 0 Å². The number of aryl methyl sites for hydroxylation is 1. The van der Waals surface area contributed by atoms with Gasteiger partial charge in [0.05, 0.1) is 11.9 Å². The van der Waals surface area contributed by atoms with Crippen molar-refractivity contribution in [1.29, 1.82) is 0 Å². The second-order valence-electron chi connectivity index (χ2n) is 4.89. The number of aromatic nitrogens is 2. The fourth-order valence-electron chi connectivity index (χ4n) is 2.09. The molecule has 0 spiro atoms. The summed E-state index contributed by atoms with van der Waals surface area (Å²) in [7, 11) is 0. The summed E-state index contributed by atoms with van der Waals surface area (Å²) in [5, 5.41) is 6.64. The molecule has 2 aromatic carbocycles. The third-order valence-electron chi connectivity index (χ3n) is 3.26. The highest BCUT2D eigenvalue weighted by molar-refractivity contribution is 5.72. The summed E-state index contributed by atoms with van der Waals surface area (Å²) >= 11 is 0. The Morgan fingerprint density at radius 1 is 0.773 bits per heavy atom. The maximum Gasteiger partial charge on any atom is 0.174 e. The minimum Gasteiger partial charge on any atom is -0.337 e. The van der Waals surface area contributed by atoms with Crippen LogP contribution in [-0.4, -0.2) is 9.97 Å². The van der Waals surface area contributed by atoms with Gasteiger partial charge in [-0.25, -0.2) is 9.97 Å². The highest BCUT2D eigenvalue weighted by Gasteiger charge is 2.08. The lowest BCUT2D eigenvalue weighted by atomic mass is 10.3. The van der Waals surface area contributed by atoms with Crippen molar-refractivity contribution in [3.8, 4) is 0 Å². The van der Waals surface area contributed by atoms with Crippen molar-refractivity contribution in [3.05, 3.63) is 72.6 Å². The molecule has 22 heavy (non-hydrogen) atoms. The first-order chi connectivity index (χ1) is 10.8. The first-order valence-corrected chi connectivity index (χ1v) is 7.35. The van der Waals surface area contributed by atoms with Crippen molar-refractivity contribution >= 4 is 23.0 Å². The lowest BCUT2D eigenvalue weighted by Gasteiger charge is -2.13. The first kappa shape index (κ1) is 14.1. The van der Waals surface area contributed by atoms with E-state index in [2.05, 4.69) is 27.5 Å². The quantitative estimate of drug-likeness (QED) is 0.725. The molecule has 0 saturated heterocycles. The Morgan fingerprint density at radius 3 is 1.86 bits per heavy atom. The summed E-state index contributed by atoms with van der Waals surface area (Å²) in [4.78, 5) is 9.15. The molecule has 3 rings (SSSR count). The SMILES string of the molecule is CCc1cnc(Nc2ccccc2)c(Nc2ccccc2)n1. The molecular weight excluding hydrogens is 272 g/mol. The lowest BCUT2D eigenvalue weighted by molar-refractivity contribution is 1.01. The van der Waals surface area contributed by atoms with Gasteiger partial charge in [0.1, 0.15) is 0 Å². The number of para-hydroxylation sites is 2. The number of hydrogen-bond acceptors (Lipinski definition) is 4. The number of nitrogens with one attached hydrogen (secondary N) is 2. The predicted molar refractivity (Wildman–Crippen MR) is 90.9 cm³/mol. The van der Waals surface area contributed by atoms with Crippen molar-refractivity contribution in [3.63, 3.8) is 0 Å². The molecule has 0 aliphatic heterocycles. The summed E-state index contributed by atoms with van der Waals surface area (Å²) in [5.41, 5.74) is 2.93. The Hall–Kier alpha value is -2.88. The molecule has 2 N–H and O–H groups in total. The number of anilines is 4. The summed E-state index contributed by atoms with van der Waals surface area (Å²) in [6.45, 7) is 2.07. The Balaban J connectivity index is 1.91. The van der Waals surface area contributed by atoms with Crippen molar-refractivity contribution in [2.24, 2.45) is 0 Å². The topological polar surface area (TPSA) is 49.8 Å². The van der Waals surface area contributed by atoms with Gasteiger partial charge in [-0.05, 0) is 30.7 Å². The zero-order valence-electron chi connectivity index (χ0n) is 12.5. The number of nitrogens with zero attached hydrogens (tertiary/aromatic N) is 2. The first-order valence-electron chi connectivity index (χ1n) is 7.35. The summed E-state index contributed by atoms with van der Waals surface area (Å²) < 4.78 is 0. The van der Waals surface area contributed by atoms with Gasteiger partial charge in [0.15, 0.2) is 11.6 Å². The van der Waals surface area contributed by atoms with Crippen LogP contribution in [0.1, 0.15) is 12.6 Å². The number of benzene rings is 2. The van der Waals surface area contributed by atoms with Crippen LogP contribution in [0.15, 0.2) is 66.9 Å². The van der Waals surface area contributed by atoms with Gasteiger partial charge in [-0.1, -0.05) is 43.3 Å². The highest BCUT2D eigenvalue weighted by Crippen LogP contribution is 2.24. The Bertz CT molecular complexity index is 727.